The number of aromatic nitrogens is 1. The number of fused-ring (bicyclic) bond motifs is 1. The summed E-state index contributed by atoms with van der Waals surface area (Å²) in [6.45, 7) is 3.43. The molecular weight excluding hydrogens is 210 g/mol. The van der Waals surface area contributed by atoms with Crippen molar-refractivity contribution in [2.45, 2.75) is 12.5 Å². The van der Waals surface area contributed by atoms with Gasteiger partial charge < -0.3 is 10.2 Å². The summed E-state index contributed by atoms with van der Waals surface area (Å²) < 4.78 is 0. The van der Waals surface area contributed by atoms with E-state index < -0.39 is 0 Å². The molecule has 3 heterocycles. The van der Waals surface area contributed by atoms with Gasteiger partial charge in [0.2, 0.25) is 0 Å². The Hall–Kier alpha value is -0.800. The molecule has 2 atom stereocenters. The molecule has 80 valence electrons. The van der Waals surface area contributed by atoms with Crippen molar-refractivity contribution in [3.05, 3.63) is 23.5 Å². The van der Waals surface area contributed by atoms with E-state index in [4.69, 9.17) is 11.6 Å². The smallest absolute Gasteiger partial charge is 0.129 e. The molecule has 1 aromatic heterocycles. The van der Waals surface area contributed by atoms with Crippen LogP contribution in [0.3, 0.4) is 0 Å². The van der Waals surface area contributed by atoms with Gasteiger partial charge >= 0.3 is 0 Å². The molecule has 0 aliphatic carbocycles. The van der Waals surface area contributed by atoms with Gasteiger partial charge in [0.25, 0.3) is 0 Å². The maximum Gasteiger partial charge on any atom is 0.129 e. The van der Waals surface area contributed by atoms with E-state index in [9.17, 15) is 0 Å². The summed E-state index contributed by atoms with van der Waals surface area (Å²) in [6, 6.07) is 4.59. The molecule has 2 fully saturated rings. The molecule has 2 aliphatic heterocycles. The van der Waals surface area contributed by atoms with Crippen LogP contribution in [0.4, 0.5) is 5.69 Å². The first kappa shape index (κ1) is 9.43. The van der Waals surface area contributed by atoms with Crippen molar-refractivity contribution in [1.29, 1.82) is 0 Å². The van der Waals surface area contributed by atoms with Crippen LogP contribution in [0.25, 0.3) is 0 Å². The lowest BCUT2D eigenvalue weighted by atomic mass is 10.1. The van der Waals surface area contributed by atoms with Crippen LogP contribution in [-0.4, -0.2) is 30.7 Å². The van der Waals surface area contributed by atoms with Crippen LogP contribution in [0.1, 0.15) is 6.42 Å². The molecule has 1 N–H and O–H groups in total. The maximum atomic E-state index is 5.79. The molecule has 0 aromatic carbocycles. The quantitative estimate of drug-likeness (QED) is 0.732. The first-order valence-corrected chi connectivity index (χ1v) is 5.81. The highest BCUT2D eigenvalue weighted by atomic mass is 35.5. The predicted molar refractivity (Wildman–Crippen MR) is 61.4 cm³/mol. The Balaban J connectivity index is 1.85. The summed E-state index contributed by atoms with van der Waals surface area (Å²) in [5.41, 5.74) is 1.20. The Labute approximate surface area is 94.4 Å². The van der Waals surface area contributed by atoms with E-state index in [2.05, 4.69) is 21.3 Å². The largest absolute Gasteiger partial charge is 0.366 e. The Kier molecular flexibility index (Phi) is 2.29. The molecule has 0 radical (unpaired) electrons. The number of nitrogens with one attached hydrogen (secondary N) is 1. The molecule has 2 saturated heterocycles. The van der Waals surface area contributed by atoms with Crippen molar-refractivity contribution < 1.29 is 0 Å². The third kappa shape index (κ3) is 1.60. The van der Waals surface area contributed by atoms with Crippen LogP contribution in [0.15, 0.2) is 18.3 Å². The number of rotatable bonds is 1. The Bertz CT molecular complexity index is 351. The molecule has 15 heavy (non-hydrogen) atoms. The second-order valence-electron chi connectivity index (χ2n) is 4.31. The number of hydrogen-bond acceptors (Lipinski definition) is 3. The van der Waals surface area contributed by atoms with Gasteiger partial charge in [-0.3, -0.25) is 0 Å². The average molecular weight is 224 g/mol. The molecular formula is C11H14ClN3. The van der Waals surface area contributed by atoms with Crippen molar-refractivity contribution in [2.75, 3.05) is 24.5 Å². The molecule has 1 aromatic rings. The third-order valence-electron chi connectivity index (χ3n) is 3.49. The fourth-order valence-electron chi connectivity index (χ4n) is 2.71. The van der Waals surface area contributed by atoms with E-state index in [1.165, 1.54) is 18.7 Å². The van der Waals surface area contributed by atoms with Crippen LogP contribution in [0.2, 0.25) is 5.15 Å². The maximum absolute atomic E-state index is 5.79. The van der Waals surface area contributed by atoms with Crippen molar-refractivity contribution >= 4 is 17.3 Å². The van der Waals surface area contributed by atoms with Crippen molar-refractivity contribution in [3.63, 3.8) is 0 Å². The zero-order chi connectivity index (χ0) is 10.3. The van der Waals surface area contributed by atoms with Crippen molar-refractivity contribution in [3.8, 4) is 0 Å². The van der Waals surface area contributed by atoms with Crippen LogP contribution in [0.5, 0.6) is 0 Å². The standard InChI is InChI=1S/C11H14ClN3/c12-11-2-1-9(6-14-11)15-4-3-8-5-13-7-10(8)15/h1-2,6,8,10,13H,3-5,7H2/t8?,10-/m0/s1. The van der Waals surface area contributed by atoms with Gasteiger partial charge in [-0.15, -0.1) is 0 Å². The third-order valence-corrected chi connectivity index (χ3v) is 3.71. The molecule has 0 amide bonds. The Morgan fingerprint density at radius 2 is 2.33 bits per heavy atom. The zero-order valence-electron chi connectivity index (χ0n) is 8.49. The molecule has 2 aliphatic rings. The van der Waals surface area contributed by atoms with Gasteiger partial charge in [0.05, 0.1) is 11.9 Å². The van der Waals surface area contributed by atoms with Gasteiger partial charge in [0.15, 0.2) is 0 Å². The molecule has 1 unspecified atom stereocenters. The second kappa shape index (κ2) is 3.65. The molecule has 0 spiro atoms. The molecule has 0 bridgehead atoms. The van der Waals surface area contributed by atoms with E-state index in [0.29, 0.717) is 11.2 Å². The van der Waals surface area contributed by atoms with E-state index in [-0.39, 0.29) is 0 Å². The van der Waals surface area contributed by atoms with E-state index >= 15 is 0 Å². The summed E-state index contributed by atoms with van der Waals surface area (Å²) >= 11 is 5.79. The SMILES string of the molecule is Clc1ccc(N2CCC3CNC[C@@H]32)cn1. The van der Waals surface area contributed by atoms with Gasteiger partial charge in [-0.25, -0.2) is 4.98 Å². The highest BCUT2D eigenvalue weighted by Gasteiger charge is 2.37. The van der Waals surface area contributed by atoms with E-state index in [0.717, 1.165) is 19.0 Å². The average Bonchev–Trinajstić information content (AvgIpc) is 2.80. The fraction of sp³-hybridized carbons (Fsp3) is 0.545. The first-order chi connectivity index (χ1) is 7.34. The monoisotopic (exact) mass is 223 g/mol. The summed E-state index contributed by atoms with van der Waals surface area (Å²) in [5, 5.41) is 4.02. The number of anilines is 1. The van der Waals surface area contributed by atoms with Crippen molar-refractivity contribution in [2.24, 2.45) is 5.92 Å². The van der Waals surface area contributed by atoms with Crippen LogP contribution in [-0.2, 0) is 0 Å². The molecule has 0 saturated carbocycles. The topological polar surface area (TPSA) is 28.2 Å². The molecule has 3 nitrogen and oxygen atoms in total. The minimum absolute atomic E-state index is 0.569. The minimum Gasteiger partial charge on any atom is -0.366 e. The van der Waals surface area contributed by atoms with Gasteiger partial charge in [0.1, 0.15) is 5.15 Å². The predicted octanol–water partition coefficient (Wildman–Crippen LogP) is 1.53. The highest BCUT2D eigenvalue weighted by Crippen LogP contribution is 2.31. The summed E-state index contributed by atoms with van der Waals surface area (Å²) in [4.78, 5) is 6.59. The molecule has 4 heteroatoms. The van der Waals surface area contributed by atoms with Gasteiger partial charge in [-0.05, 0) is 24.5 Å². The molecule has 3 rings (SSSR count). The summed E-state index contributed by atoms with van der Waals surface area (Å²) in [6.07, 6.45) is 3.17. The normalized spacial score (nSPS) is 29.5. The van der Waals surface area contributed by atoms with Crippen LogP contribution in [0, 0.1) is 5.92 Å². The van der Waals surface area contributed by atoms with Gasteiger partial charge in [-0.2, -0.15) is 0 Å². The van der Waals surface area contributed by atoms with Gasteiger partial charge in [0, 0.05) is 25.7 Å². The van der Waals surface area contributed by atoms with E-state index in [1.807, 2.05) is 12.3 Å². The number of pyridine rings is 1. The van der Waals surface area contributed by atoms with Gasteiger partial charge in [-0.1, -0.05) is 11.6 Å². The zero-order valence-corrected chi connectivity index (χ0v) is 9.24. The number of halogens is 1. The lowest BCUT2D eigenvalue weighted by Crippen LogP contribution is -2.34. The number of hydrogen-bond donors (Lipinski definition) is 1. The van der Waals surface area contributed by atoms with Crippen molar-refractivity contribution in [1.82, 2.24) is 10.3 Å². The second-order valence-corrected chi connectivity index (χ2v) is 4.69. The summed E-state index contributed by atoms with van der Waals surface area (Å²) in [7, 11) is 0. The highest BCUT2D eigenvalue weighted by molar-refractivity contribution is 6.29. The van der Waals surface area contributed by atoms with Crippen LogP contribution < -0.4 is 10.2 Å². The first-order valence-electron chi connectivity index (χ1n) is 5.43. The lowest BCUT2D eigenvalue weighted by molar-refractivity contribution is 0.578. The number of nitrogens with zero attached hydrogens (tertiary/aromatic N) is 2. The Morgan fingerprint density at radius 1 is 1.40 bits per heavy atom. The Morgan fingerprint density at radius 3 is 3.13 bits per heavy atom. The van der Waals surface area contributed by atoms with Crippen LogP contribution >= 0.6 is 11.6 Å². The van der Waals surface area contributed by atoms with E-state index in [1.54, 1.807) is 0 Å². The summed E-state index contributed by atoms with van der Waals surface area (Å²) in [5.74, 6) is 0.820. The lowest BCUT2D eigenvalue weighted by Gasteiger charge is -2.25. The fourth-order valence-corrected chi connectivity index (χ4v) is 2.82. The minimum atomic E-state index is 0.569.